The molecule has 0 spiro atoms. The molecule has 3 heterocycles. The minimum Gasteiger partial charge on any atom is -0.324 e. The van der Waals surface area contributed by atoms with Gasteiger partial charge in [0, 0.05) is 31.9 Å². The fraction of sp³-hybridized carbons (Fsp3) is 0.533. The topological polar surface area (TPSA) is 21.1 Å². The van der Waals surface area contributed by atoms with Gasteiger partial charge in [-0.25, -0.2) is 9.37 Å². The third kappa shape index (κ3) is 1.77. The molecule has 0 fully saturated rings. The van der Waals surface area contributed by atoms with Gasteiger partial charge in [-0.15, -0.1) is 0 Å². The Morgan fingerprint density at radius 3 is 2.68 bits per heavy atom. The Hall–Kier alpha value is -1.42. The molecule has 19 heavy (non-hydrogen) atoms. The summed E-state index contributed by atoms with van der Waals surface area (Å²) in [5.41, 5.74) is 3.66. The van der Waals surface area contributed by atoms with Crippen LogP contribution in [0.25, 0.3) is 11.0 Å². The van der Waals surface area contributed by atoms with Crippen LogP contribution >= 0.6 is 0 Å². The summed E-state index contributed by atoms with van der Waals surface area (Å²) in [7, 11) is 0. The SMILES string of the molecule is Cc1cnc2c(c1C)c(F)c1n2CCN(C(C)C)C1. The molecule has 0 N–H and O–H groups in total. The van der Waals surface area contributed by atoms with Crippen LogP contribution < -0.4 is 0 Å². The van der Waals surface area contributed by atoms with Crippen molar-refractivity contribution in [2.75, 3.05) is 6.54 Å². The van der Waals surface area contributed by atoms with Crippen LogP contribution in [0.1, 0.15) is 30.7 Å². The Bertz CT molecular complexity index is 643. The summed E-state index contributed by atoms with van der Waals surface area (Å²) in [5.74, 6) is -0.0750. The molecule has 0 saturated carbocycles. The summed E-state index contributed by atoms with van der Waals surface area (Å²) in [4.78, 5) is 6.76. The Balaban J connectivity index is 2.21. The summed E-state index contributed by atoms with van der Waals surface area (Å²) in [6, 6.07) is 0.446. The van der Waals surface area contributed by atoms with E-state index in [4.69, 9.17) is 0 Å². The van der Waals surface area contributed by atoms with Gasteiger partial charge >= 0.3 is 0 Å². The van der Waals surface area contributed by atoms with Crippen LogP contribution in [0.3, 0.4) is 0 Å². The van der Waals surface area contributed by atoms with E-state index >= 15 is 0 Å². The van der Waals surface area contributed by atoms with Gasteiger partial charge in [0.1, 0.15) is 5.65 Å². The average Bonchev–Trinajstić information content (AvgIpc) is 2.67. The lowest BCUT2D eigenvalue weighted by Crippen LogP contribution is -2.38. The monoisotopic (exact) mass is 261 g/mol. The number of aryl methyl sites for hydroxylation is 2. The number of aromatic nitrogens is 2. The molecule has 3 nitrogen and oxygen atoms in total. The molecule has 2 aromatic heterocycles. The molecule has 0 bridgehead atoms. The van der Waals surface area contributed by atoms with Crippen LogP contribution in [0, 0.1) is 19.7 Å². The lowest BCUT2D eigenvalue weighted by Gasteiger charge is -2.31. The van der Waals surface area contributed by atoms with E-state index in [1.54, 1.807) is 0 Å². The maximum absolute atomic E-state index is 14.7. The fourth-order valence-corrected chi connectivity index (χ4v) is 2.88. The molecule has 0 unspecified atom stereocenters. The van der Waals surface area contributed by atoms with Crippen molar-refractivity contribution in [1.29, 1.82) is 0 Å². The molecule has 0 aliphatic carbocycles. The van der Waals surface area contributed by atoms with Crippen LogP contribution in [0.2, 0.25) is 0 Å². The van der Waals surface area contributed by atoms with E-state index in [1.807, 2.05) is 20.0 Å². The first-order chi connectivity index (χ1) is 9.00. The van der Waals surface area contributed by atoms with Crippen LogP contribution in [-0.2, 0) is 13.1 Å². The zero-order valence-corrected chi connectivity index (χ0v) is 12.0. The highest BCUT2D eigenvalue weighted by atomic mass is 19.1. The standard InChI is InChI=1S/C15H20FN3/c1-9(2)18-5-6-19-12(8-18)14(16)13-11(4)10(3)7-17-15(13)19/h7,9H,5-6,8H2,1-4H3. The molecule has 0 atom stereocenters. The summed E-state index contributed by atoms with van der Waals surface area (Å²) in [5, 5.41) is 0.709. The number of rotatable bonds is 1. The quantitative estimate of drug-likeness (QED) is 0.787. The van der Waals surface area contributed by atoms with E-state index in [2.05, 4.69) is 28.3 Å². The molecule has 1 aliphatic rings. The van der Waals surface area contributed by atoms with Crippen LogP contribution in [0.4, 0.5) is 4.39 Å². The predicted octanol–water partition coefficient (Wildman–Crippen LogP) is 3.02. The van der Waals surface area contributed by atoms with Crippen molar-refractivity contribution in [1.82, 2.24) is 14.5 Å². The number of halogens is 1. The van der Waals surface area contributed by atoms with Crippen molar-refractivity contribution >= 4 is 11.0 Å². The molecule has 0 amide bonds. The van der Waals surface area contributed by atoms with E-state index < -0.39 is 0 Å². The average molecular weight is 261 g/mol. The van der Waals surface area contributed by atoms with Gasteiger partial charge in [-0.3, -0.25) is 4.90 Å². The van der Waals surface area contributed by atoms with E-state index in [-0.39, 0.29) is 5.82 Å². The van der Waals surface area contributed by atoms with Gasteiger partial charge in [0.05, 0.1) is 11.1 Å². The summed E-state index contributed by atoms with van der Waals surface area (Å²) >= 11 is 0. The first kappa shape index (κ1) is 12.6. The summed E-state index contributed by atoms with van der Waals surface area (Å²) in [6.45, 7) is 10.7. The van der Waals surface area contributed by atoms with E-state index in [9.17, 15) is 4.39 Å². The Morgan fingerprint density at radius 2 is 2.00 bits per heavy atom. The van der Waals surface area contributed by atoms with E-state index in [0.717, 1.165) is 35.6 Å². The number of pyridine rings is 1. The maximum Gasteiger partial charge on any atom is 0.155 e. The second-order valence-electron chi connectivity index (χ2n) is 5.74. The highest BCUT2D eigenvalue weighted by Crippen LogP contribution is 2.30. The third-order valence-corrected chi connectivity index (χ3v) is 4.32. The van der Waals surface area contributed by atoms with Gasteiger partial charge in [0.15, 0.2) is 5.82 Å². The lowest BCUT2D eigenvalue weighted by molar-refractivity contribution is 0.175. The molecule has 1 aliphatic heterocycles. The lowest BCUT2D eigenvalue weighted by atomic mass is 10.1. The first-order valence-corrected chi connectivity index (χ1v) is 6.87. The second kappa shape index (κ2) is 4.30. The molecular weight excluding hydrogens is 241 g/mol. The van der Waals surface area contributed by atoms with E-state index in [1.165, 1.54) is 0 Å². The minimum absolute atomic E-state index is 0.0750. The zero-order chi connectivity index (χ0) is 13.7. The van der Waals surface area contributed by atoms with Crippen molar-refractivity contribution in [2.45, 2.75) is 46.8 Å². The Kier molecular flexibility index (Phi) is 2.86. The smallest absolute Gasteiger partial charge is 0.155 e. The Labute approximate surface area is 113 Å². The van der Waals surface area contributed by atoms with Crippen molar-refractivity contribution < 1.29 is 4.39 Å². The van der Waals surface area contributed by atoms with Gasteiger partial charge in [0.2, 0.25) is 0 Å². The van der Waals surface area contributed by atoms with Gasteiger partial charge in [-0.05, 0) is 38.8 Å². The molecule has 102 valence electrons. The van der Waals surface area contributed by atoms with Gasteiger partial charge in [-0.2, -0.15) is 0 Å². The van der Waals surface area contributed by atoms with Crippen molar-refractivity contribution in [2.24, 2.45) is 0 Å². The van der Waals surface area contributed by atoms with Gasteiger partial charge in [0.25, 0.3) is 0 Å². The first-order valence-electron chi connectivity index (χ1n) is 6.87. The zero-order valence-electron chi connectivity index (χ0n) is 12.0. The normalized spacial score (nSPS) is 16.3. The van der Waals surface area contributed by atoms with Gasteiger partial charge < -0.3 is 4.57 Å². The number of fused-ring (bicyclic) bond motifs is 3. The molecule has 3 rings (SSSR count). The largest absolute Gasteiger partial charge is 0.324 e. The van der Waals surface area contributed by atoms with Crippen molar-refractivity contribution in [3.8, 4) is 0 Å². The molecule has 0 saturated heterocycles. The van der Waals surface area contributed by atoms with Crippen LogP contribution in [-0.4, -0.2) is 27.0 Å². The van der Waals surface area contributed by atoms with Crippen molar-refractivity contribution in [3.05, 3.63) is 28.8 Å². The summed E-state index contributed by atoms with van der Waals surface area (Å²) < 4.78 is 16.8. The number of nitrogens with zero attached hydrogens (tertiary/aromatic N) is 3. The maximum atomic E-state index is 14.7. The minimum atomic E-state index is -0.0750. The third-order valence-electron chi connectivity index (χ3n) is 4.32. The molecule has 2 aromatic rings. The number of hydrogen-bond acceptors (Lipinski definition) is 2. The van der Waals surface area contributed by atoms with Crippen molar-refractivity contribution in [3.63, 3.8) is 0 Å². The second-order valence-corrected chi connectivity index (χ2v) is 5.74. The van der Waals surface area contributed by atoms with E-state index in [0.29, 0.717) is 18.0 Å². The highest BCUT2D eigenvalue weighted by Gasteiger charge is 2.26. The molecular formula is C15H20FN3. The molecule has 0 radical (unpaired) electrons. The molecule has 4 heteroatoms. The predicted molar refractivity (Wildman–Crippen MR) is 74.7 cm³/mol. The fourth-order valence-electron chi connectivity index (χ4n) is 2.88. The molecule has 0 aromatic carbocycles. The van der Waals surface area contributed by atoms with Crippen LogP contribution in [0.5, 0.6) is 0 Å². The number of hydrogen-bond donors (Lipinski definition) is 0. The Morgan fingerprint density at radius 1 is 1.26 bits per heavy atom. The van der Waals surface area contributed by atoms with Crippen LogP contribution in [0.15, 0.2) is 6.20 Å². The summed E-state index contributed by atoms with van der Waals surface area (Å²) in [6.07, 6.45) is 1.85. The highest BCUT2D eigenvalue weighted by molar-refractivity contribution is 5.83. The van der Waals surface area contributed by atoms with Gasteiger partial charge in [-0.1, -0.05) is 0 Å².